The highest BCUT2D eigenvalue weighted by Crippen LogP contribution is 2.23. The second-order valence-corrected chi connectivity index (χ2v) is 8.17. The Labute approximate surface area is 174 Å². The van der Waals surface area contributed by atoms with Gasteiger partial charge in [0.15, 0.2) is 4.77 Å². The summed E-state index contributed by atoms with van der Waals surface area (Å²) in [6.07, 6.45) is 6.18. The number of H-pyrrole nitrogens is 1. The summed E-state index contributed by atoms with van der Waals surface area (Å²) in [5, 5.41) is 3.57. The molecular weight excluding hydrogens is 382 g/mol. The molecule has 2 N–H and O–H groups in total. The van der Waals surface area contributed by atoms with Crippen molar-refractivity contribution >= 4 is 29.0 Å². The number of hydrogen-bond acceptors (Lipinski definition) is 3. The van der Waals surface area contributed by atoms with Crippen molar-refractivity contribution in [2.75, 3.05) is 6.54 Å². The number of carbonyl (C=O) groups is 1. The lowest BCUT2D eigenvalue weighted by Crippen LogP contribution is -2.30. The largest absolute Gasteiger partial charge is 0.352 e. The maximum Gasteiger partial charge on any atom is 0.262 e. The van der Waals surface area contributed by atoms with Crippen molar-refractivity contribution in [3.63, 3.8) is 0 Å². The molecule has 1 saturated carbocycles. The number of nitrogens with zero attached hydrogens (tertiary/aromatic N) is 1. The SMILES string of the molecule is O=C(NCC1CCCCC1)c1ccc2c(=O)n(Cc3ccccc3)c(=S)[nH]c2c1. The quantitative estimate of drug-likeness (QED) is 0.616. The molecule has 4 rings (SSSR count). The van der Waals surface area contributed by atoms with E-state index in [4.69, 9.17) is 12.2 Å². The highest BCUT2D eigenvalue weighted by molar-refractivity contribution is 7.71. The van der Waals surface area contributed by atoms with Gasteiger partial charge in [0, 0.05) is 12.1 Å². The molecule has 6 heteroatoms. The summed E-state index contributed by atoms with van der Waals surface area (Å²) in [7, 11) is 0. The first-order valence-corrected chi connectivity index (χ1v) is 10.6. The molecule has 1 fully saturated rings. The third-order valence-corrected chi connectivity index (χ3v) is 6.03. The molecule has 1 aliphatic carbocycles. The van der Waals surface area contributed by atoms with Gasteiger partial charge in [0.1, 0.15) is 0 Å². The molecule has 0 radical (unpaired) electrons. The first-order valence-electron chi connectivity index (χ1n) is 10.2. The molecule has 5 nitrogen and oxygen atoms in total. The van der Waals surface area contributed by atoms with Gasteiger partial charge in [-0.2, -0.15) is 0 Å². The van der Waals surface area contributed by atoms with Gasteiger partial charge >= 0.3 is 0 Å². The van der Waals surface area contributed by atoms with E-state index in [0.29, 0.717) is 40.2 Å². The molecule has 0 spiro atoms. The molecule has 1 aromatic heterocycles. The Kier molecular flexibility index (Phi) is 5.90. The number of rotatable bonds is 5. The van der Waals surface area contributed by atoms with Crippen molar-refractivity contribution in [1.82, 2.24) is 14.9 Å². The fourth-order valence-corrected chi connectivity index (χ4v) is 4.29. The minimum absolute atomic E-state index is 0.106. The summed E-state index contributed by atoms with van der Waals surface area (Å²) in [5.74, 6) is 0.467. The van der Waals surface area contributed by atoms with Crippen LogP contribution in [0.2, 0.25) is 0 Å². The van der Waals surface area contributed by atoms with Crippen LogP contribution in [0.25, 0.3) is 10.9 Å². The molecule has 3 aromatic rings. The number of hydrogen-bond donors (Lipinski definition) is 2. The maximum absolute atomic E-state index is 12.9. The molecular formula is C23H25N3O2S. The number of aromatic amines is 1. The lowest BCUT2D eigenvalue weighted by molar-refractivity contribution is 0.0943. The summed E-state index contributed by atoms with van der Waals surface area (Å²) in [4.78, 5) is 28.6. The Morgan fingerprint density at radius 3 is 2.62 bits per heavy atom. The van der Waals surface area contributed by atoms with Crippen molar-refractivity contribution in [1.29, 1.82) is 0 Å². The second kappa shape index (κ2) is 8.74. The van der Waals surface area contributed by atoms with Crippen molar-refractivity contribution < 1.29 is 4.79 Å². The molecule has 0 aliphatic heterocycles. The zero-order valence-corrected chi connectivity index (χ0v) is 17.1. The fraction of sp³-hybridized carbons (Fsp3) is 0.348. The van der Waals surface area contributed by atoms with Gasteiger partial charge in [-0.1, -0.05) is 49.6 Å². The molecule has 0 unspecified atom stereocenters. The maximum atomic E-state index is 12.9. The summed E-state index contributed by atoms with van der Waals surface area (Å²) in [5.41, 5.74) is 1.99. The van der Waals surface area contributed by atoms with E-state index in [2.05, 4.69) is 10.3 Å². The Balaban J connectivity index is 1.56. The van der Waals surface area contributed by atoms with Crippen LogP contribution < -0.4 is 10.9 Å². The summed E-state index contributed by atoms with van der Waals surface area (Å²) < 4.78 is 1.90. The zero-order valence-electron chi connectivity index (χ0n) is 16.3. The van der Waals surface area contributed by atoms with Gasteiger partial charge in [0.05, 0.1) is 17.4 Å². The van der Waals surface area contributed by atoms with E-state index in [1.807, 2.05) is 30.3 Å². The van der Waals surface area contributed by atoms with Crippen LogP contribution in [0, 0.1) is 10.7 Å². The van der Waals surface area contributed by atoms with E-state index in [9.17, 15) is 9.59 Å². The molecule has 0 atom stereocenters. The third-order valence-electron chi connectivity index (χ3n) is 5.70. The Hall–Kier alpha value is -2.73. The van der Waals surface area contributed by atoms with Gasteiger partial charge in [-0.25, -0.2) is 0 Å². The van der Waals surface area contributed by atoms with Crippen LogP contribution in [0.5, 0.6) is 0 Å². The van der Waals surface area contributed by atoms with Gasteiger partial charge in [-0.15, -0.1) is 0 Å². The third kappa shape index (κ3) is 4.48. The monoisotopic (exact) mass is 407 g/mol. The number of fused-ring (bicyclic) bond motifs is 1. The highest BCUT2D eigenvalue weighted by Gasteiger charge is 2.15. The molecule has 0 saturated heterocycles. The highest BCUT2D eigenvalue weighted by atomic mass is 32.1. The Morgan fingerprint density at radius 2 is 1.86 bits per heavy atom. The zero-order chi connectivity index (χ0) is 20.2. The van der Waals surface area contributed by atoms with E-state index in [1.54, 1.807) is 22.8 Å². The van der Waals surface area contributed by atoms with Gasteiger partial charge in [0.25, 0.3) is 11.5 Å². The van der Waals surface area contributed by atoms with E-state index in [-0.39, 0.29) is 11.5 Å². The van der Waals surface area contributed by atoms with Crippen LogP contribution in [0.15, 0.2) is 53.3 Å². The number of amides is 1. The van der Waals surface area contributed by atoms with Crippen LogP contribution in [0.1, 0.15) is 48.0 Å². The van der Waals surface area contributed by atoms with Crippen LogP contribution >= 0.6 is 12.2 Å². The molecule has 1 amide bonds. The normalized spacial score (nSPS) is 14.8. The number of carbonyl (C=O) groups excluding carboxylic acids is 1. The summed E-state index contributed by atoms with van der Waals surface area (Å²) in [6, 6.07) is 14.9. The lowest BCUT2D eigenvalue weighted by atomic mass is 9.89. The summed E-state index contributed by atoms with van der Waals surface area (Å²) >= 11 is 5.42. The second-order valence-electron chi connectivity index (χ2n) is 7.78. The molecule has 1 aliphatic rings. The van der Waals surface area contributed by atoms with Gasteiger partial charge in [-0.05, 0) is 54.7 Å². The van der Waals surface area contributed by atoms with Crippen molar-refractivity contribution in [2.45, 2.75) is 38.6 Å². The van der Waals surface area contributed by atoms with E-state index >= 15 is 0 Å². The van der Waals surface area contributed by atoms with Crippen LogP contribution in [0.4, 0.5) is 0 Å². The average Bonchev–Trinajstić information content (AvgIpc) is 2.76. The molecule has 2 aromatic carbocycles. The first-order chi connectivity index (χ1) is 14.1. The molecule has 0 bridgehead atoms. The standard InChI is InChI=1S/C23H25N3O2S/c27-21(24-14-16-7-3-1-4-8-16)18-11-12-19-20(13-18)25-23(29)26(22(19)28)15-17-9-5-2-6-10-17/h2,5-6,9-13,16H,1,3-4,7-8,14-15H2,(H,24,27)(H,25,29). The Bertz CT molecular complexity index is 1130. The topological polar surface area (TPSA) is 66.9 Å². The lowest BCUT2D eigenvalue weighted by Gasteiger charge is -2.21. The smallest absolute Gasteiger partial charge is 0.262 e. The number of aromatic nitrogens is 2. The van der Waals surface area contributed by atoms with Crippen molar-refractivity contribution in [2.24, 2.45) is 5.92 Å². The van der Waals surface area contributed by atoms with E-state index in [1.165, 1.54) is 32.1 Å². The van der Waals surface area contributed by atoms with Gasteiger partial charge in [0.2, 0.25) is 0 Å². The average molecular weight is 408 g/mol. The van der Waals surface area contributed by atoms with Crippen molar-refractivity contribution in [3.8, 4) is 0 Å². The van der Waals surface area contributed by atoms with Crippen LogP contribution in [-0.2, 0) is 6.54 Å². The predicted molar refractivity (Wildman–Crippen MR) is 118 cm³/mol. The van der Waals surface area contributed by atoms with E-state index < -0.39 is 0 Å². The van der Waals surface area contributed by atoms with Crippen molar-refractivity contribution in [3.05, 3.63) is 74.8 Å². The molecule has 29 heavy (non-hydrogen) atoms. The van der Waals surface area contributed by atoms with Crippen LogP contribution in [0.3, 0.4) is 0 Å². The number of nitrogens with one attached hydrogen (secondary N) is 2. The molecule has 1 heterocycles. The fourth-order valence-electron chi connectivity index (χ4n) is 4.04. The Morgan fingerprint density at radius 1 is 1.10 bits per heavy atom. The van der Waals surface area contributed by atoms with Gasteiger partial charge in [-0.3, -0.25) is 14.2 Å². The van der Waals surface area contributed by atoms with E-state index in [0.717, 1.165) is 5.56 Å². The molecule has 150 valence electrons. The number of benzene rings is 2. The minimum Gasteiger partial charge on any atom is -0.352 e. The first kappa shape index (κ1) is 19.6. The predicted octanol–water partition coefficient (Wildman–Crippen LogP) is 4.42. The summed E-state index contributed by atoms with van der Waals surface area (Å²) in [6.45, 7) is 1.13. The van der Waals surface area contributed by atoms with Gasteiger partial charge < -0.3 is 10.3 Å². The van der Waals surface area contributed by atoms with Crippen LogP contribution in [-0.4, -0.2) is 22.0 Å². The minimum atomic E-state index is -0.151.